The van der Waals surface area contributed by atoms with Crippen LogP contribution in [0.1, 0.15) is 5.56 Å². The molecule has 0 unspecified atom stereocenters. The van der Waals surface area contributed by atoms with Crippen LogP contribution in [0.4, 0.5) is 0 Å². The Labute approximate surface area is 191 Å². The number of amides is 1. The van der Waals surface area contributed by atoms with Gasteiger partial charge in [0.05, 0.1) is 33.1 Å². The Balaban J connectivity index is 1.67. The van der Waals surface area contributed by atoms with Crippen LogP contribution in [0.25, 0.3) is 11.4 Å². The second kappa shape index (κ2) is 11.5. The van der Waals surface area contributed by atoms with Gasteiger partial charge in [-0.3, -0.25) is 14.3 Å². The van der Waals surface area contributed by atoms with Gasteiger partial charge in [-0.05, 0) is 29.8 Å². The van der Waals surface area contributed by atoms with E-state index in [1.165, 1.54) is 11.8 Å². The van der Waals surface area contributed by atoms with Crippen LogP contribution in [0.2, 0.25) is 0 Å². The largest absolute Gasteiger partial charge is 0.493 e. The van der Waals surface area contributed by atoms with E-state index in [9.17, 15) is 4.79 Å². The maximum Gasteiger partial charge on any atom is 0.233 e. The van der Waals surface area contributed by atoms with E-state index in [1.807, 2.05) is 34.9 Å². The van der Waals surface area contributed by atoms with E-state index in [0.717, 1.165) is 17.0 Å². The Kier molecular flexibility index (Phi) is 8.46. The number of methoxy groups -OCH3 is 3. The summed E-state index contributed by atoms with van der Waals surface area (Å²) < 4.78 is 17.8. The molecule has 0 spiro atoms. The van der Waals surface area contributed by atoms with Crippen LogP contribution in [0.3, 0.4) is 0 Å². The van der Waals surface area contributed by atoms with Gasteiger partial charge in [0.15, 0.2) is 22.5 Å². The highest BCUT2D eigenvalue weighted by atomic mass is 32.2. The summed E-state index contributed by atoms with van der Waals surface area (Å²) in [6.07, 6.45) is 3.42. The number of aromatic nitrogens is 4. The van der Waals surface area contributed by atoms with E-state index in [0.29, 0.717) is 36.4 Å². The molecule has 170 valence electrons. The van der Waals surface area contributed by atoms with Gasteiger partial charge < -0.3 is 19.1 Å². The molecule has 2 aromatic heterocycles. The lowest BCUT2D eigenvalue weighted by Gasteiger charge is -2.18. The number of hydrogen-bond acceptors (Lipinski definition) is 8. The third-order valence-corrected chi connectivity index (χ3v) is 5.74. The molecule has 0 radical (unpaired) electrons. The Morgan fingerprint density at radius 3 is 2.50 bits per heavy atom. The number of benzene rings is 1. The van der Waals surface area contributed by atoms with Crippen LogP contribution in [0.5, 0.6) is 11.5 Å². The predicted octanol–water partition coefficient (Wildman–Crippen LogP) is 2.75. The molecule has 0 atom stereocenters. The second-order valence-corrected chi connectivity index (χ2v) is 7.86. The van der Waals surface area contributed by atoms with Gasteiger partial charge in [-0.2, -0.15) is 0 Å². The first-order chi connectivity index (χ1) is 15.6. The highest BCUT2D eigenvalue weighted by molar-refractivity contribution is 7.99. The van der Waals surface area contributed by atoms with E-state index in [-0.39, 0.29) is 11.7 Å². The lowest BCUT2D eigenvalue weighted by atomic mass is 10.2. The summed E-state index contributed by atoms with van der Waals surface area (Å²) in [7, 11) is 6.61. The van der Waals surface area contributed by atoms with E-state index in [1.54, 1.807) is 45.7 Å². The summed E-state index contributed by atoms with van der Waals surface area (Å²) in [5, 5.41) is 9.29. The summed E-state index contributed by atoms with van der Waals surface area (Å²) in [6, 6.07) is 9.38. The maximum atomic E-state index is 12.8. The van der Waals surface area contributed by atoms with Crippen molar-refractivity contribution in [3.05, 3.63) is 48.3 Å². The standard InChI is InChI=1S/C22H27N5O4S/c1-26(14-16-5-6-18(30-3)19(13-16)31-4)20(28)15-32-22-25-24-21(27(22)11-12-29-2)17-7-9-23-10-8-17/h5-10,13H,11-12,14-15H2,1-4H3. The number of rotatable bonds is 11. The summed E-state index contributed by atoms with van der Waals surface area (Å²) in [6.45, 7) is 1.55. The zero-order valence-corrected chi connectivity index (χ0v) is 19.5. The summed E-state index contributed by atoms with van der Waals surface area (Å²) in [4.78, 5) is 18.5. The van der Waals surface area contributed by atoms with Crippen LogP contribution in [0, 0.1) is 0 Å². The number of thioether (sulfide) groups is 1. The minimum Gasteiger partial charge on any atom is -0.493 e. The molecule has 1 aromatic carbocycles. The monoisotopic (exact) mass is 457 g/mol. The van der Waals surface area contributed by atoms with Crippen LogP contribution in [0.15, 0.2) is 47.9 Å². The van der Waals surface area contributed by atoms with Crippen molar-refractivity contribution < 1.29 is 19.0 Å². The Bertz CT molecular complexity index is 1030. The van der Waals surface area contributed by atoms with E-state index < -0.39 is 0 Å². The minimum absolute atomic E-state index is 0.0171. The number of ether oxygens (including phenoxy) is 3. The third kappa shape index (κ3) is 5.77. The van der Waals surface area contributed by atoms with Gasteiger partial charge in [0.2, 0.25) is 5.91 Å². The van der Waals surface area contributed by atoms with Crippen molar-refractivity contribution in [3.8, 4) is 22.9 Å². The smallest absolute Gasteiger partial charge is 0.233 e. The van der Waals surface area contributed by atoms with Crippen molar-refractivity contribution in [1.29, 1.82) is 0 Å². The molecule has 1 amide bonds. The number of pyridine rings is 1. The van der Waals surface area contributed by atoms with Crippen LogP contribution >= 0.6 is 11.8 Å². The van der Waals surface area contributed by atoms with Crippen molar-refractivity contribution in [3.63, 3.8) is 0 Å². The zero-order chi connectivity index (χ0) is 22.9. The fourth-order valence-corrected chi connectivity index (χ4v) is 3.98. The fourth-order valence-electron chi connectivity index (χ4n) is 3.07. The molecule has 2 heterocycles. The number of hydrogen-bond donors (Lipinski definition) is 0. The van der Waals surface area contributed by atoms with Crippen molar-refractivity contribution >= 4 is 17.7 Å². The number of carbonyl (C=O) groups excluding carboxylic acids is 1. The van der Waals surface area contributed by atoms with Gasteiger partial charge in [-0.15, -0.1) is 10.2 Å². The second-order valence-electron chi connectivity index (χ2n) is 6.91. The zero-order valence-electron chi connectivity index (χ0n) is 18.6. The van der Waals surface area contributed by atoms with Crippen LogP contribution in [-0.4, -0.2) is 71.3 Å². The topological polar surface area (TPSA) is 91.6 Å². The molecule has 10 heteroatoms. The molecule has 3 aromatic rings. The predicted molar refractivity (Wildman–Crippen MR) is 122 cm³/mol. The van der Waals surface area contributed by atoms with Gasteiger partial charge in [0.1, 0.15) is 0 Å². The Hall–Kier alpha value is -3.11. The molecule has 3 rings (SSSR count). The van der Waals surface area contributed by atoms with Crippen molar-refractivity contribution in [2.45, 2.75) is 18.2 Å². The Morgan fingerprint density at radius 2 is 1.81 bits per heavy atom. The molecule has 0 N–H and O–H groups in total. The lowest BCUT2D eigenvalue weighted by Crippen LogP contribution is -2.28. The normalized spacial score (nSPS) is 10.8. The van der Waals surface area contributed by atoms with E-state index >= 15 is 0 Å². The molecule has 0 bridgehead atoms. The third-order valence-electron chi connectivity index (χ3n) is 4.79. The van der Waals surface area contributed by atoms with Crippen molar-refractivity contribution in [1.82, 2.24) is 24.6 Å². The summed E-state index contributed by atoms with van der Waals surface area (Å²) in [5.74, 6) is 2.23. The van der Waals surface area contributed by atoms with E-state index in [2.05, 4.69) is 15.2 Å². The number of carbonyl (C=O) groups is 1. The average molecular weight is 458 g/mol. The van der Waals surface area contributed by atoms with Crippen molar-refractivity contribution in [2.75, 3.05) is 40.7 Å². The molecule has 0 aliphatic carbocycles. The lowest BCUT2D eigenvalue weighted by molar-refractivity contribution is -0.127. The van der Waals surface area contributed by atoms with Crippen molar-refractivity contribution in [2.24, 2.45) is 0 Å². The van der Waals surface area contributed by atoms with Gasteiger partial charge >= 0.3 is 0 Å². The molecule has 0 aliphatic rings. The molecular formula is C22H27N5O4S. The van der Waals surface area contributed by atoms with Crippen LogP contribution in [-0.2, 0) is 22.6 Å². The van der Waals surface area contributed by atoms with Gasteiger partial charge in [-0.1, -0.05) is 17.8 Å². The number of nitrogens with zero attached hydrogens (tertiary/aromatic N) is 5. The van der Waals surface area contributed by atoms with E-state index in [4.69, 9.17) is 14.2 Å². The highest BCUT2D eigenvalue weighted by Gasteiger charge is 2.17. The molecule has 0 aliphatic heterocycles. The van der Waals surface area contributed by atoms with Gasteiger partial charge in [-0.25, -0.2) is 0 Å². The first-order valence-electron chi connectivity index (χ1n) is 9.97. The Morgan fingerprint density at radius 1 is 1.06 bits per heavy atom. The SMILES string of the molecule is COCCn1c(SCC(=O)N(C)Cc2ccc(OC)c(OC)c2)nnc1-c1ccncc1. The van der Waals surface area contributed by atoms with Gasteiger partial charge in [0, 0.05) is 38.7 Å². The molecule has 32 heavy (non-hydrogen) atoms. The average Bonchev–Trinajstić information content (AvgIpc) is 3.24. The molecular weight excluding hydrogens is 430 g/mol. The maximum absolute atomic E-state index is 12.8. The van der Waals surface area contributed by atoms with Crippen LogP contribution < -0.4 is 9.47 Å². The fraction of sp³-hybridized carbons (Fsp3) is 0.364. The summed E-state index contributed by atoms with van der Waals surface area (Å²) >= 11 is 1.36. The minimum atomic E-state index is -0.0171. The quantitative estimate of drug-likeness (QED) is 0.406. The highest BCUT2D eigenvalue weighted by Crippen LogP contribution is 2.28. The molecule has 0 saturated heterocycles. The first-order valence-corrected chi connectivity index (χ1v) is 11.0. The van der Waals surface area contributed by atoms with Gasteiger partial charge in [0.25, 0.3) is 0 Å². The molecule has 9 nitrogen and oxygen atoms in total. The molecule has 0 fully saturated rings. The first kappa shape index (κ1) is 23.6. The summed E-state index contributed by atoms with van der Waals surface area (Å²) in [5.41, 5.74) is 1.86. The molecule has 0 saturated carbocycles.